The molecule has 3 aromatic rings. The van der Waals surface area contributed by atoms with Gasteiger partial charge in [0.15, 0.2) is 5.82 Å². The summed E-state index contributed by atoms with van der Waals surface area (Å²) in [6.07, 6.45) is 0.406. The van der Waals surface area contributed by atoms with Gasteiger partial charge in [0, 0.05) is 31.0 Å². The molecule has 0 spiro atoms. The largest absolute Gasteiger partial charge is 0.494 e. The van der Waals surface area contributed by atoms with Crippen LogP contribution in [0.4, 0.5) is 0 Å². The van der Waals surface area contributed by atoms with E-state index in [-0.39, 0.29) is 11.8 Å². The zero-order valence-corrected chi connectivity index (χ0v) is 17.0. The molecule has 4 rings (SSSR count). The van der Waals surface area contributed by atoms with Gasteiger partial charge < -0.3 is 14.2 Å². The second-order valence-corrected chi connectivity index (χ2v) is 7.51. The highest BCUT2D eigenvalue weighted by Gasteiger charge is 2.33. The summed E-state index contributed by atoms with van der Waals surface area (Å²) in [4.78, 5) is 18.9. The number of amides is 1. The quantitative estimate of drug-likeness (QED) is 0.628. The van der Waals surface area contributed by atoms with Gasteiger partial charge in [0.2, 0.25) is 5.91 Å². The molecule has 6 heteroatoms. The van der Waals surface area contributed by atoms with Crippen molar-refractivity contribution in [2.45, 2.75) is 39.7 Å². The van der Waals surface area contributed by atoms with Crippen molar-refractivity contribution in [1.29, 1.82) is 0 Å². The molecule has 150 valence electrons. The fraction of sp³-hybridized carbons (Fsp3) is 0.348. The number of ether oxygens (including phenoxy) is 1. The van der Waals surface area contributed by atoms with Crippen LogP contribution in [0.15, 0.2) is 47.0 Å². The molecule has 2 aromatic carbocycles. The Bertz CT molecular complexity index is 1010. The molecule has 1 aromatic heterocycles. The normalized spacial score (nSPS) is 16.4. The zero-order valence-electron chi connectivity index (χ0n) is 17.0. The average molecular weight is 391 g/mol. The van der Waals surface area contributed by atoms with E-state index >= 15 is 0 Å². The van der Waals surface area contributed by atoms with Gasteiger partial charge in [-0.3, -0.25) is 4.79 Å². The summed E-state index contributed by atoms with van der Waals surface area (Å²) in [6, 6.07) is 13.9. The number of rotatable bonds is 6. The van der Waals surface area contributed by atoms with Crippen LogP contribution in [0.1, 0.15) is 41.8 Å². The highest BCUT2D eigenvalue weighted by molar-refractivity contribution is 5.79. The van der Waals surface area contributed by atoms with Crippen molar-refractivity contribution >= 4 is 5.91 Å². The van der Waals surface area contributed by atoms with Crippen molar-refractivity contribution in [3.8, 4) is 17.2 Å². The summed E-state index contributed by atoms with van der Waals surface area (Å²) in [5, 5.41) is 4.15. The van der Waals surface area contributed by atoms with Crippen LogP contribution < -0.4 is 4.74 Å². The summed E-state index contributed by atoms with van der Waals surface area (Å²) in [7, 11) is 0. The topological polar surface area (TPSA) is 68.5 Å². The molecular formula is C23H25N3O3. The zero-order chi connectivity index (χ0) is 20.4. The molecule has 1 fully saturated rings. The number of hydrogen-bond donors (Lipinski definition) is 0. The van der Waals surface area contributed by atoms with Crippen LogP contribution in [0.3, 0.4) is 0 Å². The maximum atomic E-state index is 12.5. The van der Waals surface area contributed by atoms with Crippen LogP contribution in [-0.2, 0) is 11.3 Å². The number of likely N-dealkylation sites (tertiary alicyclic amines) is 1. The van der Waals surface area contributed by atoms with Gasteiger partial charge in [-0.05, 0) is 61.7 Å². The lowest BCUT2D eigenvalue weighted by molar-refractivity contribution is -0.128. The molecule has 1 unspecified atom stereocenters. The highest BCUT2D eigenvalue weighted by atomic mass is 16.5. The summed E-state index contributed by atoms with van der Waals surface area (Å²) in [5.41, 5.74) is 4.38. The van der Waals surface area contributed by atoms with Crippen molar-refractivity contribution in [3.05, 3.63) is 65.0 Å². The second kappa shape index (κ2) is 8.07. The maximum absolute atomic E-state index is 12.5. The standard InChI is InChI=1S/C23H25N3O3/c1-4-28-20-9-6-17(7-10-20)13-26-14-19(12-21(26)27)22-24-23(29-25-22)18-8-5-15(2)16(3)11-18/h5-11,19H,4,12-14H2,1-3H3. The second-order valence-electron chi connectivity index (χ2n) is 7.51. The van der Waals surface area contributed by atoms with Crippen molar-refractivity contribution in [3.63, 3.8) is 0 Å². The van der Waals surface area contributed by atoms with Crippen molar-refractivity contribution in [1.82, 2.24) is 15.0 Å². The lowest BCUT2D eigenvalue weighted by Gasteiger charge is -2.16. The Hall–Kier alpha value is -3.15. The smallest absolute Gasteiger partial charge is 0.257 e. The maximum Gasteiger partial charge on any atom is 0.257 e. The van der Waals surface area contributed by atoms with Gasteiger partial charge in [-0.1, -0.05) is 23.4 Å². The number of nitrogens with zero attached hydrogens (tertiary/aromatic N) is 3. The third-order valence-corrected chi connectivity index (χ3v) is 5.38. The highest BCUT2D eigenvalue weighted by Crippen LogP contribution is 2.30. The number of hydrogen-bond acceptors (Lipinski definition) is 5. The van der Waals surface area contributed by atoms with Crippen molar-refractivity contribution < 1.29 is 14.1 Å². The molecule has 6 nitrogen and oxygen atoms in total. The van der Waals surface area contributed by atoms with Gasteiger partial charge in [-0.25, -0.2) is 0 Å². The SMILES string of the molecule is CCOc1ccc(CN2CC(c3noc(-c4ccc(C)c(C)c4)n3)CC2=O)cc1. The molecule has 29 heavy (non-hydrogen) atoms. The molecular weight excluding hydrogens is 366 g/mol. The Morgan fingerprint density at radius 2 is 1.93 bits per heavy atom. The first-order valence-electron chi connectivity index (χ1n) is 9.94. The van der Waals surface area contributed by atoms with E-state index in [4.69, 9.17) is 9.26 Å². The third-order valence-electron chi connectivity index (χ3n) is 5.38. The van der Waals surface area contributed by atoms with Crippen molar-refractivity contribution in [2.24, 2.45) is 0 Å². The number of carbonyl (C=O) groups is 1. The van der Waals surface area contributed by atoms with E-state index in [9.17, 15) is 4.79 Å². The molecule has 0 saturated carbocycles. The predicted octanol–water partition coefficient (Wildman–Crippen LogP) is 4.27. The van der Waals surface area contributed by atoms with Crippen LogP contribution >= 0.6 is 0 Å². The fourth-order valence-corrected chi connectivity index (χ4v) is 3.57. The van der Waals surface area contributed by atoms with Gasteiger partial charge in [-0.2, -0.15) is 4.98 Å². The van der Waals surface area contributed by atoms with Crippen molar-refractivity contribution in [2.75, 3.05) is 13.2 Å². The summed E-state index contributed by atoms with van der Waals surface area (Å²) < 4.78 is 11.0. The average Bonchev–Trinajstić information content (AvgIpc) is 3.33. The van der Waals surface area contributed by atoms with Gasteiger partial charge in [-0.15, -0.1) is 0 Å². The van der Waals surface area contributed by atoms with Gasteiger partial charge in [0.05, 0.1) is 6.61 Å². The van der Waals surface area contributed by atoms with Gasteiger partial charge in [0.25, 0.3) is 5.89 Å². The number of aromatic nitrogens is 2. The minimum atomic E-state index is -0.0470. The van der Waals surface area contributed by atoms with Gasteiger partial charge >= 0.3 is 0 Å². The van der Waals surface area contributed by atoms with Crippen LogP contribution in [-0.4, -0.2) is 34.1 Å². The molecule has 1 atom stereocenters. The van der Waals surface area contributed by atoms with E-state index in [1.165, 1.54) is 11.1 Å². The molecule has 1 aliphatic heterocycles. The Kier molecular flexibility index (Phi) is 5.34. The van der Waals surface area contributed by atoms with E-state index in [2.05, 4.69) is 24.0 Å². The van der Waals surface area contributed by atoms with Crippen LogP contribution in [0.2, 0.25) is 0 Å². The first-order valence-corrected chi connectivity index (χ1v) is 9.94. The van der Waals surface area contributed by atoms with E-state index in [0.717, 1.165) is 16.9 Å². The Morgan fingerprint density at radius 3 is 2.66 bits per heavy atom. The molecule has 1 amide bonds. The Balaban J connectivity index is 1.44. The molecule has 0 aliphatic carbocycles. The van der Waals surface area contributed by atoms with E-state index in [1.807, 2.05) is 54.3 Å². The third kappa shape index (κ3) is 4.16. The fourth-order valence-electron chi connectivity index (χ4n) is 3.57. The minimum Gasteiger partial charge on any atom is -0.494 e. The van der Waals surface area contributed by atoms with Crippen LogP contribution in [0.5, 0.6) is 5.75 Å². The Morgan fingerprint density at radius 1 is 1.14 bits per heavy atom. The number of carbonyl (C=O) groups excluding carboxylic acids is 1. The number of aryl methyl sites for hydroxylation is 2. The first-order chi connectivity index (χ1) is 14.0. The minimum absolute atomic E-state index is 0.0470. The molecule has 1 saturated heterocycles. The predicted molar refractivity (Wildman–Crippen MR) is 110 cm³/mol. The number of benzene rings is 2. The summed E-state index contributed by atoms with van der Waals surface area (Å²) >= 11 is 0. The first kappa shape index (κ1) is 19.2. The van der Waals surface area contributed by atoms with Crippen LogP contribution in [0.25, 0.3) is 11.5 Å². The van der Waals surface area contributed by atoms with Gasteiger partial charge in [0.1, 0.15) is 5.75 Å². The lowest BCUT2D eigenvalue weighted by Crippen LogP contribution is -2.24. The summed E-state index contributed by atoms with van der Waals surface area (Å²) in [6.45, 7) is 7.90. The molecule has 0 radical (unpaired) electrons. The van der Waals surface area contributed by atoms with Crippen LogP contribution in [0, 0.1) is 13.8 Å². The Labute approximate surface area is 170 Å². The molecule has 0 N–H and O–H groups in total. The monoisotopic (exact) mass is 391 g/mol. The molecule has 1 aliphatic rings. The lowest BCUT2D eigenvalue weighted by atomic mass is 10.1. The van der Waals surface area contributed by atoms with E-state index in [1.54, 1.807) is 0 Å². The molecule has 0 bridgehead atoms. The molecule has 2 heterocycles. The summed E-state index contributed by atoms with van der Waals surface area (Å²) in [5.74, 6) is 2.00. The van der Waals surface area contributed by atoms with E-state index < -0.39 is 0 Å². The van der Waals surface area contributed by atoms with E-state index in [0.29, 0.717) is 37.8 Å².